The lowest BCUT2D eigenvalue weighted by molar-refractivity contribution is -0.145. The van der Waals surface area contributed by atoms with Crippen LogP contribution in [0.25, 0.3) is 0 Å². The summed E-state index contributed by atoms with van der Waals surface area (Å²) in [6.45, 7) is 12.3. The molecule has 0 bridgehead atoms. The molecule has 0 aromatic carbocycles. The minimum atomic E-state index is -0.209. The fourth-order valence-corrected chi connectivity index (χ4v) is 3.53. The van der Waals surface area contributed by atoms with Gasteiger partial charge in [-0.25, -0.2) is 4.79 Å². The SMILES string of the molecule is C=C(C)C(=O)OC(CCCCCCCCC)CC(CC)CCCCCC. The molecule has 0 N–H and O–H groups in total. The number of rotatable bonds is 18. The Morgan fingerprint density at radius 3 is 1.85 bits per heavy atom. The molecular weight excluding hydrogens is 320 g/mol. The number of hydrogen-bond donors (Lipinski definition) is 0. The highest BCUT2D eigenvalue weighted by atomic mass is 16.5. The lowest BCUT2D eigenvalue weighted by Crippen LogP contribution is -2.22. The lowest BCUT2D eigenvalue weighted by Gasteiger charge is -2.23. The third kappa shape index (κ3) is 14.4. The van der Waals surface area contributed by atoms with Crippen molar-refractivity contribution in [2.24, 2.45) is 5.92 Å². The first-order valence-corrected chi connectivity index (χ1v) is 11.4. The van der Waals surface area contributed by atoms with Crippen molar-refractivity contribution in [3.63, 3.8) is 0 Å². The van der Waals surface area contributed by atoms with Gasteiger partial charge in [0.1, 0.15) is 6.10 Å². The second-order valence-electron chi connectivity index (χ2n) is 8.08. The molecule has 26 heavy (non-hydrogen) atoms. The number of carbonyl (C=O) groups is 1. The highest BCUT2D eigenvalue weighted by Crippen LogP contribution is 2.24. The maximum Gasteiger partial charge on any atom is 0.333 e. The van der Waals surface area contributed by atoms with Gasteiger partial charge in [-0.05, 0) is 32.1 Å². The number of carbonyl (C=O) groups excluding carboxylic acids is 1. The molecule has 2 atom stereocenters. The molecule has 0 saturated carbocycles. The minimum absolute atomic E-state index is 0.0750. The third-order valence-corrected chi connectivity index (χ3v) is 5.39. The summed E-state index contributed by atoms with van der Waals surface area (Å²) in [5.74, 6) is 0.470. The van der Waals surface area contributed by atoms with Gasteiger partial charge < -0.3 is 4.74 Å². The van der Waals surface area contributed by atoms with Gasteiger partial charge in [0, 0.05) is 5.57 Å². The third-order valence-electron chi connectivity index (χ3n) is 5.39. The summed E-state index contributed by atoms with van der Waals surface area (Å²) in [5.41, 5.74) is 0.519. The van der Waals surface area contributed by atoms with Crippen molar-refractivity contribution < 1.29 is 9.53 Å². The Morgan fingerprint density at radius 2 is 1.31 bits per heavy atom. The maximum atomic E-state index is 12.0. The molecule has 0 rings (SSSR count). The Labute approximate surface area is 164 Å². The Kier molecular flexibility index (Phi) is 17.1. The predicted molar refractivity (Wildman–Crippen MR) is 114 cm³/mol. The number of hydrogen-bond acceptors (Lipinski definition) is 2. The molecule has 0 aliphatic carbocycles. The van der Waals surface area contributed by atoms with Gasteiger partial charge in [0.25, 0.3) is 0 Å². The molecular formula is C24H46O2. The van der Waals surface area contributed by atoms with Gasteiger partial charge in [0.15, 0.2) is 0 Å². The average Bonchev–Trinajstić information content (AvgIpc) is 2.62. The molecule has 0 radical (unpaired) electrons. The van der Waals surface area contributed by atoms with E-state index in [0.29, 0.717) is 11.5 Å². The quantitative estimate of drug-likeness (QED) is 0.139. The second-order valence-corrected chi connectivity index (χ2v) is 8.08. The van der Waals surface area contributed by atoms with Crippen molar-refractivity contribution in [1.29, 1.82) is 0 Å². The number of unbranched alkanes of at least 4 members (excludes halogenated alkanes) is 9. The van der Waals surface area contributed by atoms with Gasteiger partial charge in [-0.3, -0.25) is 0 Å². The van der Waals surface area contributed by atoms with Crippen LogP contribution < -0.4 is 0 Å². The molecule has 2 nitrogen and oxygen atoms in total. The fourth-order valence-electron chi connectivity index (χ4n) is 3.53. The van der Waals surface area contributed by atoms with E-state index in [1.165, 1.54) is 83.5 Å². The molecule has 0 saturated heterocycles. The fraction of sp³-hybridized carbons (Fsp3) is 0.875. The van der Waals surface area contributed by atoms with Crippen molar-refractivity contribution in [1.82, 2.24) is 0 Å². The highest BCUT2D eigenvalue weighted by molar-refractivity contribution is 5.87. The molecule has 0 aliphatic rings. The topological polar surface area (TPSA) is 26.3 Å². The predicted octanol–water partition coefficient (Wildman–Crippen LogP) is 8.00. The zero-order valence-corrected chi connectivity index (χ0v) is 18.3. The van der Waals surface area contributed by atoms with E-state index in [1.807, 2.05) is 0 Å². The van der Waals surface area contributed by atoms with E-state index in [4.69, 9.17) is 4.74 Å². The zero-order valence-electron chi connectivity index (χ0n) is 18.3. The molecule has 0 aromatic heterocycles. The van der Waals surface area contributed by atoms with Crippen molar-refractivity contribution >= 4 is 5.97 Å². The molecule has 154 valence electrons. The van der Waals surface area contributed by atoms with E-state index in [1.54, 1.807) is 6.92 Å². The lowest BCUT2D eigenvalue weighted by atomic mass is 9.90. The van der Waals surface area contributed by atoms with E-state index >= 15 is 0 Å². The van der Waals surface area contributed by atoms with Gasteiger partial charge >= 0.3 is 5.97 Å². The smallest absolute Gasteiger partial charge is 0.333 e. The van der Waals surface area contributed by atoms with Crippen molar-refractivity contribution in [3.8, 4) is 0 Å². The monoisotopic (exact) mass is 366 g/mol. The van der Waals surface area contributed by atoms with Crippen LogP contribution in [0.5, 0.6) is 0 Å². The minimum Gasteiger partial charge on any atom is -0.459 e. The van der Waals surface area contributed by atoms with Crippen LogP contribution in [-0.4, -0.2) is 12.1 Å². The standard InChI is InChI=1S/C24H46O2/c1-6-9-11-13-14-15-17-19-23(26-24(25)21(4)5)20-22(8-3)18-16-12-10-7-2/h22-23H,4,6-20H2,1-3,5H3. The molecule has 0 amide bonds. The number of esters is 1. The Hall–Kier alpha value is -0.790. The highest BCUT2D eigenvalue weighted by Gasteiger charge is 2.19. The average molecular weight is 367 g/mol. The first kappa shape index (κ1) is 25.2. The van der Waals surface area contributed by atoms with Crippen LogP contribution in [0.1, 0.15) is 124 Å². The van der Waals surface area contributed by atoms with Gasteiger partial charge in [-0.15, -0.1) is 0 Å². The van der Waals surface area contributed by atoms with E-state index in [-0.39, 0.29) is 12.1 Å². The molecule has 0 spiro atoms. The summed E-state index contributed by atoms with van der Waals surface area (Å²) >= 11 is 0. The van der Waals surface area contributed by atoms with Crippen molar-refractivity contribution in [2.45, 2.75) is 130 Å². The Morgan fingerprint density at radius 1 is 0.808 bits per heavy atom. The van der Waals surface area contributed by atoms with Crippen molar-refractivity contribution in [2.75, 3.05) is 0 Å². The van der Waals surface area contributed by atoms with Crippen LogP contribution in [0.2, 0.25) is 0 Å². The molecule has 2 unspecified atom stereocenters. The summed E-state index contributed by atoms with van der Waals surface area (Å²) in [7, 11) is 0. The summed E-state index contributed by atoms with van der Waals surface area (Å²) < 4.78 is 5.78. The molecule has 0 heterocycles. The summed E-state index contributed by atoms with van der Waals surface area (Å²) in [4.78, 5) is 12.0. The van der Waals surface area contributed by atoms with Crippen LogP contribution in [0.3, 0.4) is 0 Å². The van der Waals surface area contributed by atoms with E-state index in [9.17, 15) is 4.79 Å². The molecule has 0 fully saturated rings. The van der Waals surface area contributed by atoms with Gasteiger partial charge in [0.05, 0.1) is 0 Å². The first-order valence-electron chi connectivity index (χ1n) is 11.4. The second kappa shape index (κ2) is 17.6. The molecule has 0 aromatic rings. The van der Waals surface area contributed by atoms with Crippen LogP contribution in [0.15, 0.2) is 12.2 Å². The molecule has 2 heteroatoms. The largest absolute Gasteiger partial charge is 0.459 e. The maximum absolute atomic E-state index is 12.0. The Balaban J connectivity index is 4.30. The van der Waals surface area contributed by atoms with E-state index < -0.39 is 0 Å². The zero-order chi connectivity index (χ0) is 19.6. The molecule has 0 aliphatic heterocycles. The summed E-state index contributed by atoms with van der Waals surface area (Å²) in [6, 6.07) is 0. The van der Waals surface area contributed by atoms with Gasteiger partial charge in [-0.2, -0.15) is 0 Å². The summed E-state index contributed by atoms with van der Waals surface area (Å²) in [6.07, 6.45) is 19.0. The van der Waals surface area contributed by atoms with Crippen molar-refractivity contribution in [3.05, 3.63) is 12.2 Å². The van der Waals surface area contributed by atoms with Gasteiger partial charge in [0.2, 0.25) is 0 Å². The van der Waals surface area contributed by atoms with Gasteiger partial charge in [-0.1, -0.05) is 104 Å². The summed E-state index contributed by atoms with van der Waals surface area (Å²) in [5, 5.41) is 0. The number of ether oxygens (including phenoxy) is 1. The van der Waals surface area contributed by atoms with E-state index in [2.05, 4.69) is 27.4 Å². The first-order chi connectivity index (χ1) is 12.5. The van der Waals surface area contributed by atoms with E-state index in [0.717, 1.165) is 12.8 Å². The van der Waals surface area contributed by atoms with Crippen LogP contribution in [-0.2, 0) is 9.53 Å². The Bertz CT molecular complexity index is 348. The normalized spacial score (nSPS) is 13.4. The van der Waals surface area contributed by atoms with Crippen LogP contribution in [0.4, 0.5) is 0 Å². The van der Waals surface area contributed by atoms with Crippen LogP contribution >= 0.6 is 0 Å². The van der Waals surface area contributed by atoms with Crippen LogP contribution in [0, 0.1) is 5.92 Å².